The lowest BCUT2D eigenvalue weighted by Gasteiger charge is -2.06. The van der Waals surface area contributed by atoms with Crippen LogP contribution in [0, 0.1) is 0 Å². The third kappa shape index (κ3) is 4.33. The number of methoxy groups -OCH3 is 2. The molecule has 7 nitrogen and oxygen atoms in total. The van der Waals surface area contributed by atoms with Crippen LogP contribution in [0.1, 0.15) is 16.3 Å². The number of carbonyl (C=O) groups is 1. The molecule has 148 valence electrons. The highest BCUT2D eigenvalue weighted by molar-refractivity contribution is 7.22. The Morgan fingerprint density at radius 2 is 1.83 bits per heavy atom. The Morgan fingerprint density at radius 3 is 2.66 bits per heavy atom. The van der Waals surface area contributed by atoms with Crippen LogP contribution in [0.25, 0.3) is 10.2 Å². The van der Waals surface area contributed by atoms with Crippen molar-refractivity contribution in [1.82, 2.24) is 4.98 Å². The fourth-order valence-electron chi connectivity index (χ4n) is 2.67. The predicted octanol–water partition coefficient (Wildman–Crippen LogP) is 4.74. The molecule has 1 N–H and O–H groups in total. The molecular weight excluding hydrogens is 392 g/mol. The summed E-state index contributed by atoms with van der Waals surface area (Å²) in [4.78, 5) is 16.9. The van der Waals surface area contributed by atoms with Gasteiger partial charge in [0.2, 0.25) is 0 Å². The maximum atomic E-state index is 12.5. The molecule has 0 saturated heterocycles. The molecule has 8 heteroatoms. The van der Waals surface area contributed by atoms with Crippen LogP contribution in [-0.2, 0) is 6.61 Å². The first-order valence-corrected chi connectivity index (χ1v) is 9.58. The lowest BCUT2D eigenvalue weighted by molar-refractivity contribution is 0.0992. The third-order valence-corrected chi connectivity index (χ3v) is 5.06. The predicted molar refractivity (Wildman–Crippen MR) is 110 cm³/mol. The number of hydrogen-bond donors (Lipinski definition) is 1. The second-order valence-electron chi connectivity index (χ2n) is 6.04. The number of furan rings is 1. The average molecular weight is 410 g/mol. The summed E-state index contributed by atoms with van der Waals surface area (Å²) < 4.78 is 22.6. The normalized spacial score (nSPS) is 10.7. The summed E-state index contributed by atoms with van der Waals surface area (Å²) in [6.45, 7) is 0.196. The maximum Gasteiger partial charge on any atom is 0.293 e. The van der Waals surface area contributed by atoms with Crippen LogP contribution in [-0.4, -0.2) is 25.1 Å². The van der Waals surface area contributed by atoms with Gasteiger partial charge in [0.25, 0.3) is 5.91 Å². The van der Waals surface area contributed by atoms with Crippen LogP contribution >= 0.6 is 11.3 Å². The van der Waals surface area contributed by atoms with E-state index in [-0.39, 0.29) is 18.3 Å². The molecule has 29 heavy (non-hydrogen) atoms. The standard InChI is InChI=1S/C21H18N2O5S/c1-25-13-4-3-5-15(10-13)27-12-16-7-9-18(28-16)20(24)23-21-22-17-8-6-14(26-2)11-19(17)29-21/h3-11H,12H2,1-2H3,(H,22,23,24). The zero-order valence-electron chi connectivity index (χ0n) is 15.8. The summed E-state index contributed by atoms with van der Waals surface area (Å²) in [6, 6.07) is 16.1. The highest BCUT2D eigenvalue weighted by Crippen LogP contribution is 2.29. The Bertz CT molecular complexity index is 1150. The smallest absolute Gasteiger partial charge is 0.293 e. The van der Waals surface area contributed by atoms with Crippen molar-refractivity contribution >= 4 is 32.6 Å². The number of rotatable bonds is 7. The van der Waals surface area contributed by atoms with Gasteiger partial charge in [0.1, 0.15) is 29.6 Å². The number of thiazole rings is 1. The molecule has 0 atom stereocenters. The summed E-state index contributed by atoms with van der Waals surface area (Å²) in [7, 11) is 3.20. The van der Waals surface area contributed by atoms with Gasteiger partial charge in [0.15, 0.2) is 10.9 Å². The minimum atomic E-state index is -0.372. The lowest BCUT2D eigenvalue weighted by atomic mass is 10.3. The fraction of sp³-hybridized carbons (Fsp3) is 0.143. The zero-order valence-corrected chi connectivity index (χ0v) is 16.6. The highest BCUT2D eigenvalue weighted by Gasteiger charge is 2.14. The quantitative estimate of drug-likeness (QED) is 0.474. The number of carbonyl (C=O) groups excluding carboxylic acids is 1. The fourth-order valence-corrected chi connectivity index (χ4v) is 3.56. The molecule has 2 aromatic heterocycles. The van der Waals surface area contributed by atoms with Gasteiger partial charge < -0.3 is 18.6 Å². The molecule has 1 amide bonds. The van der Waals surface area contributed by atoms with E-state index < -0.39 is 0 Å². The van der Waals surface area contributed by atoms with Crippen molar-refractivity contribution in [2.24, 2.45) is 0 Å². The van der Waals surface area contributed by atoms with Crippen molar-refractivity contribution in [2.45, 2.75) is 6.61 Å². The SMILES string of the molecule is COc1cccc(OCc2ccc(C(=O)Nc3nc4ccc(OC)cc4s3)o2)c1. The summed E-state index contributed by atoms with van der Waals surface area (Å²) in [6.07, 6.45) is 0. The van der Waals surface area contributed by atoms with Gasteiger partial charge in [-0.3, -0.25) is 10.1 Å². The zero-order chi connectivity index (χ0) is 20.2. The Kier molecular flexibility index (Phi) is 5.35. The molecule has 0 unspecified atom stereocenters. The van der Waals surface area contributed by atoms with Crippen LogP contribution in [0.3, 0.4) is 0 Å². The van der Waals surface area contributed by atoms with E-state index in [4.69, 9.17) is 18.6 Å². The molecule has 0 spiro atoms. The largest absolute Gasteiger partial charge is 0.497 e. The number of nitrogens with zero attached hydrogens (tertiary/aromatic N) is 1. The summed E-state index contributed by atoms with van der Waals surface area (Å²) in [5.74, 6) is 2.44. The van der Waals surface area contributed by atoms with E-state index in [0.717, 1.165) is 16.0 Å². The number of fused-ring (bicyclic) bond motifs is 1. The topological polar surface area (TPSA) is 82.8 Å². The minimum Gasteiger partial charge on any atom is -0.497 e. The summed E-state index contributed by atoms with van der Waals surface area (Å²) in [5, 5.41) is 3.25. The number of hydrogen-bond acceptors (Lipinski definition) is 7. The Labute approximate surface area is 170 Å². The Balaban J connectivity index is 1.40. The van der Waals surface area contributed by atoms with Gasteiger partial charge in [0, 0.05) is 6.07 Å². The van der Waals surface area contributed by atoms with Gasteiger partial charge in [-0.2, -0.15) is 0 Å². The van der Waals surface area contributed by atoms with Crippen molar-refractivity contribution in [3.05, 3.63) is 66.1 Å². The average Bonchev–Trinajstić information content (AvgIpc) is 3.38. The van der Waals surface area contributed by atoms with E-state index in [0.29, 0.717) is 22.4 Å². The molecular formula is C21H18N2O5S. The van der Waals surface area contributed by atoms with Gasteiger partial charge in [-0.05, 0) is 42.5 Å². The number of benzene rings is 2. The minimum absolute atomic E-state index is 0.186. The van der Waals surface area contributed by atoms with Crippen molar-refractivity contribution < 1.29 is 23.4 Å². The molecule has 0 fully saturated rings. The molecule has 0 aliphatic heterocycles. The van der Waals surface area contributed by atoms with Gasteiger partial charge in [-0.1, -0.05) is 17.4 Å². The molecule has 0 aliphatic rings. The summed E-state index contributed by atoms with van der Waals surface area (Å²) in [5.41, 5.74) is 0.790. The van der Waals surface area contributed by atoms with Crippen LogP contribution in [0.5, 0.6) is 17.2 Å². The van der Waals surface area contributed by atoms with E-state index in [1.165, 1.54) is 11.3 Å². The number of ether oxygens (including phenoxy) is 3. The molecule has 0 radical (unpaired) electrons. The molecule has 0 saturated carbocycles. The monoisotopic (exact) mass is 410 g/mol. The summed E-state index contributed by atoms with van der Waals surface area (Å²) >= 11 is 1.37. The molecule has 4 rings (SSSR count). The van der Waals surface area contributed by atoms with Gasteiger partial charge in [-0.25, -0.2) is 4.98 Å². The first-order chi connectivity index (χ1) is 14.1. The van der Waals surface area contributed by atoms with Gasteiger partial charge in [0.05, 0.1) is 24.4 Å². The molecule has 2 heterocycles. The molecule has 2 aromatic carbocycles. The number of anilines is 1. The number of amides is 1. The van der Waals surface area contributed by atoms with E-state index in [9.17, 15) is 4.79 Å². The third-order valence-electron chi connectivity index (χ3n) is 4.12. The van der Waals surface area contributed by atoms with E-state index in [1.807, 2.05) is 36.4 Å². The van der Waals surface area contributed by atoms with Crippen molar-refractivity contribution in [2.75, 3.05) is 19.5 Å². The molecule has 4 aromatic rings. The van der Waals surface area contributed by atoms with E-state index in [1.54, 1.807) is 32.4 Å². The van der Waals surface area contributed by atoms with Crippen LogP contribution in [0.15, 0.2) is 59.0 Å². The lowest BCUT2D eigenvalue weighted by Crippen LogP contribution is -2.10. The molecule has 0 aliphatic carbocycles. The highest BCUT2D eigenvalue weighted by atomic mass is 32.1. The van der Waals surface area contributed by atoms with Crippen LogP contribution in [0.2, 0.25) is 0 Å². The second-order valence-corrected chi connectivity index (χ2v) is 7.07. The van der Waals surface area contributed by atoms with Crippen molar-refractivity contribution in [3.8, 4) is 17.2 Å². The van der Waals surface area contributed by atoms with Gasteiger partial charge in [-0.15, -0.1) is 0 Å². The Hall–Kier alpha value is -3.52. The van der Waals surface area contributed by atoms with Crippen LogP contribution < -0.4 is 19.5 Å². The van der Waals surface area contributed by atoms with Crippen molar-refractivity contribution in [3.63, 3.8) is 0 Å². The first kappa shape index (κ1) is 18.8. The number of aromatic nitrogens is 1. The molecule has 0 bridgehead atoms. The van der Waals surface area contributed by atoms with E-state index in [2.05, 4.69) is 10.3 Å². The first-order valence-electron chi connectivity index (χ1n) is 8.76. The van der Waals surface area contributed by atoms with Crippen molar-refractivity contribution in [1.29, 1.82) is 0 Å². The number of nitrogens with one attached hydrogen (secondary N) is 1. The Morgan fingerprint density at radius 1 is 1.03 bits per heavy atom. The maximum absolute atomic E-state index is 12.5. The van der Waals surface area contributed by atoms with Gasteiger partial charge >= 0.3 is 0 Å². The van der Waals surface area contributed by atoms with E-state index >= 15 is 0 Å². The second kappa shape index (κ2) is 8.24. The van der Waals surface area contributed by atoms with Crippen LogP contribution in [0.4, 0.5) is 5.13 Å².